The second-order valence-corrected chi connectivity index (χ2v) is 7.90. The Labute approximate surface area is 177 Å². The number of Topliss-reactive ketones (excluding diaryl/α,β-unsaturated/α-hetero) is 1. The third-order valence-electron chi connectivity index (χ3n) is 4.24. The Kier molecular flexibility index (Phi) is 6.66. The molecule has 3 rings (SSSR count). The van der Waals surface area contributed by atoms with Crippen LogP contribution in [0.15, 0.2) is 40.7 Å². The maximum atomic E-state index is 12.8. The van der Waals surface area contributed by atoms with E-state index in [1.165, 1.54) is 25.8 Å². The number of nitrogens with zero attached hydrogens (tertiary/aromatic N) is 2. The highest BCUT2D eigenvalue weighted by molar-refractivity contribution is 7.98. The van der Waals surface area contributed by atoms with Crippen molar-refractivity contribution in [2.45, 2.75) is 25.5 Å². The van der Waals surface area contributed by atoms with Gasteiger partial charge in [-0.1, -0.05) is 6.07 Å². The Balaban J connectivity index is 1.86. The van der Waals surface area contributed by atoms with Crippen LogP contribution in [0.25, 0.3) is 10.7 Å². The summed E-state index contributed by atoms with van der Waals surface area (Å²) in [6.07, 6.45) is 1.86. The first-order chi connectivity index (χ1) is 13.9. The number of esters is 1. The maximum Gasteiger partial charge on any atom is 0.343 e. The normalized spacial score (nSPS) is 10.6. The zero-order valence-electron chi connectivity index (χ0n) is 16.5. The third-order valence-corrected chi connectivity index (χ3v) is 5.79. The van der Waals surface area contributed by atoms with Crippen molar-refractivity contribution in [1.29, 1.82) is 0 Å². The SMILES string of the molecule is COc1ccc(C(C)=O)cc1COC(=O)c1c(C)nc(-c2cccs2)nc1SC. The average Bonchev–Trinajstić information content (AvgIpc) is 3.25. The summed E-state index contributed by atoms with van der Waals surface area (Å²) in [4.78, 5) is 34.4. The number of carbonyl (C=O) groups excluding carboxylic acids is 2. The number of ether oxygens (including phenoxy) is 2. The van der Waals surface area contributed by atoms with Gasteiger partial charge in [-0.25, -0.2) is 14.8 Å². The Morgan fingerprint density at radius 2 is 2.00 bits per heavy atom. The van der Waals surface area contributed by atoms with Crippen molar-refractivity contribution < 1.29 is 19.1 Å². The van der Waals surface area contributed by atoms with Gasteiger partial charge in [0.2, 0.25) is 0 Å². The first kappa shape index (κ1) is 21.0. The maximum absolute atomic E-state index is 12.8. The van der Waals surface area contributed by atoms with Crippen LogP contribution in [0, 0.1) is 6.92 Å². The van der Waals surface area contributed by atoms with Crippen LogP contribution in [-0.4, -0.2) is 35.1 Å². The van der Waals surface area contributed by atoms with E-state index in [1.807, 2.05) is 23.8 Å². The molecular weight excluding hydrogens is 408 g/mol. The molecule has 0 aliphatic rings. The third kappa shape index (κ3) is 4.65. The van der Waals surface area contributed by atoms with Crippen molar-refractivity contribution in [2.75, 3.05) is 13.4 Å². The molecule has 0 spiro atoms. The molecule has 0 aliphatic carbocycles. The number of thioether (sulfide) groups is 1. The molecule has 0 fully saturated rings. The van der Waals surface area contributed by atoms with Gasteiger partial charge in [-0.05, 0) is 49.7 Å². The van der Waals surface area contributed by atoms with Gasteiger partial charge in [0.15, 0.2) is 11.6 Å². The summed E-state index contributed by atoms with van der Waals surface area (Å²) in [5.41, 5.74) is 2.05. The summed E-state index contributed by atoms with van der Waals surface area (Å²) in [6, 6.07) is 8.92. The van der Waals surface area contributed by atoms with Gasteiger partial charge in [-0.2, -0.15) is 0 Å². The van der Waals surface area contributed by atoms with Crippen LogP contribution in [-0.2, 0) is 11.3 Å². The van der Waals surface area contributed by atoms with Gasteiger partial charge in [0, 0.05) is 11.1 Å². The summed E-state index contributed by atoms with van der Waals surface area (Å²) in [5, 5.41) is 2.52. The molecule has 0 amide bonds. The number of methoxy groups -OCH3 is 1. The summed E-state index contributed by atoms with van der Waals surface area (Å²) in [5.74, 6) is 0.557. The van der Waals surface area contributed by atoms with Crippen LogP contribution < -0.4 is 4.74 Å². The van der Waals surface area contributed by atoms with Gasteiger partial charge in [0.1, 0.15) is 22.9 Å². The van der Waals surface area contributed by atoms with Gasteiger partial charge in [-0.3, -0.25) is 4.79 Å². The summed E-state index contributed by atoms with van der Waals surface area (Å²) in [7, 11) is 1.53. The molecular formula is C21H20N2O4S2. The molecule has 1 aromatic carbocycles. The molecule has 2 heterocycles. The topological polar surface area (TPSA) is 78.4 Å². The molecule has 0 unspecified atom stereocenters. The first-order valence-electron chi connectivity index (χ1n) is 8.76. The molecule has 0 saturated heterocycles. The Hall–Kier alpha value is -2.71. The minimum absolute atomic E-state index is 0.0247. The van der Waals surface area contributed by atoms with Crippen molar-refractivity contribution in [3.63, 3.8) is 0 Å². The molecule has 29 heavy (non-hydrogen) atoms. The smallest absolute Gasteiger partial charge is 0.343 e. The molecule has 0 saturated carbocycles. The number of ketones is 1. The van der Waals surface area contributed by atoms with E-state index in [1.54, 1.807) is 36.5 Å². The second kappa shape index (κ2) is 9.19. The van der Waals surface area contributed by atoms with E-state index >= 15 is 0 Å². The van der Waals surface area contributed by atoms with Crippen molar-refractivity contribution in [3.8, 4) is 16.5 Å². The van der Waals surface area contributed by atoms with E-state index in [4.69, 9.17) is 9.47 Å². The van der Waals surface area contributed by atoms with E-state index in [2.05, 4.69) is 9.97 Å². The molecule has 0 aliphatic heterocycles. The fraction of sp³-hybridized carbons (Fsp3) is 0.238. The van der Waals surface area contributed by atoms with E-state index in [0.29, 0.717) is 39.0 Å². The van der Waals surface area contributed by atoms with Crippen molar-refractivity contribution in [2.24, 2.45) is 0 Å². The zero-order valence-corrected chi connectivity index (χ0v) is 18.1. The van der Waals surface area contributed by atoms with Crippen LogP contribution >= 0.6 is 23.1 Å². The summed E-state index contributed by atoms with van der Waals surface area (Å²) >= 11 is 2.91. The molecule has 6 nitrogen and oxygen atoms in total. The number of benzene rings is 1. The van der Waals surface area contributed by atoms with Crippen molar-refractivity contribution in [1.82, 2.24) is 9.97 Å². The van der Waals surface area contributed by atoms with Gasteiger partial charge < -0.3 is 9.47 Å². The fourth-order valence-corrected chi connectivity index (χ4v) is 4.04. The van der Waals surface area contributed by atoms with Crippen molar-refractivity contribution in [3.05, 3.63) is 58.1 Å². The number of hydrogen-bond donors (Lipinski definition) is 0. The summed E-state index contributed by atoms with van der Waals surface area (Å²) in [6.45, 7) is 3.23. The van der Waals surface area contributed by atoms with Crippen molar-refractivity contribution >= 4 is 34.9 Å². The van der Waals surface area contributed by atoms with E-state index in [9.17, 15) is 9.59 Å². The highest BCUT2D eigenvalue weighted by Crippen LogP contribution is 2.28. The molecule has 0 atom stereocenters. The number of aromatic nitrogens is 2. The Morgan fingerprint density at radius 3 is 2.62 bits per heavy atom. The zero-order chi connectivity index (χ0) is 21.0. The molecule has 0 bridgehead atoms. The molecule has 0 radical (unpaired) electrons. The van der Waals surface area contributed by atoms with E-state index in [0.717, 1.165) is 4.88 Å². The standard InChI is InChI=1S/C21H20N2O4S2/c1-12-18(20(28-4)23-19(22-12)17-6-5-9-29-17)21(25)27-11-15-10-14(13(2)24)7-8-16(15)26-3/h5-10H,11H2,1-4H3. The molecule has 150 valence electrons. The molecule has 0 N–H and O–H groups in total. The monoisotopic (exact) mass is 428 g/mol. The molecule has 8 heteroatoms. The van der Waals surface area contributed by atoms with Crippen LogP contribution in [0.3, 0.4) is 0 Å². The molecule has 3 aromatic rings. The van der Waals surface area contributed by atoms with Crippen LogP contribution in [0.5, 0.6) is 5.75 Å². The lowest BCUT2D eigenvalue weighted by Gasteiger charge is -2.13. The quantitative estimate of drug-likeness (QED) is 0.231. The Morgan fingerprint density at radius 1 is 1.21 bits per heavy atom. The summed E-state index contributed by atoms with van der Waals surface area (Å²) < 4.78 is 10.8. The van der Waals surface area contributed by atoms with Gasteiger partial charge in [0.05, 0.1) is 17.7 Å². The number of rotatable bonds is 7. The highest BCUT2D eigenvalue weighted by Gasteiger charge is 2.21. The van der Waals surface area contributed by atoms with E-state index < -0.39 is 5.97 Å². The average molecular weight is 429 g/mol. The lowest BCUT2D eigenvalue weighted by Crippen LogP contribution is -2.12. The lowest BCUT2D eigenvalue weighted by molar-refractivity contribution is 0.0463. The minimum atomic E-state index is -0.514. The van der Waals surface area contributed by atoms with Gasteiger partial charge in [0.25, 0.3) is 0 Å². The predicted octanol–water partition coefficient (Wildman–Crippen LogP) is 4.80. The minimum Gasteiger partial charge on any atom is -0.496 e. The van der Waals surface area contributed by atoms with Crippen LogP contribution in [0.4, 0.5) is 0 Å². The van der Waals surface area contributed by atoms with Crippen LogP contribution in [0.1, 0.15) is 38.9 Å². The largest absolute Gasteiger partial charge is 0.496 e. The van der Waals surface area contributed by atoms with Gasteiger partial charge in [-0.15, -0.1) is 23.1 Å². The number of hydrogen-bond acceptors (Lipinski definition) is 8. The molecule has 2 aromatic heterocycles. The number of thiophene rings is 1. The van der Waals surface area contributed by atoms with Crippen LogP contribution in [0.2, 0.25) is 0 Å². The predicted molar refractivity (Wildman–Crippen MR) is 114 cm³/mol. The number of aryl methyl sites for hydroxylation is 1. The number of carbonyl (C=O) groups is 2. The second-order valence-electron chi connectivity index (χ2n) is 6.15. The lowest BCUT2D eigenvalue weighted by atomic mass is 10.1. The Bertz CT molecular complexity index is 1050. The highest BCUT2D eigenvalue weighted by atomic mass is 32.2. The first-order valence-corrected chi connectivity index (χ1v) is 10.9. The van der Waals surface area contributed by atoms with Gasteiger partial charge >= 0.3 is 5.97 Å². The fourth-order valence-electron chi connectivity index (χ4n) is 2.77. The van der Waals surface area contributed by atoms with E-state index in [-0.39, 0.29) is 12.4 Å².